The summed E-state index contributed by atoms with van der Waals surface area (Å²) in [7, 11) is 0. The Labute approximate surface area is 172 Å². The number of anilines is 1. The number of nitrogens with one attached hydrogen (secondary N) is 1. The van der Waals surface area contributed by atoms with Crippen molar-refractivity contribution in [3.05, 3.63) is 90.0 Å². The summed E-state index contributed by atoms with van der Waals surface area (Å²) in [6, 6.07) is 22.7. The van der Waals surface area contributed by atoms with Gasteiger partial charge in [0.1, 0.15) is 18.5 Å². The molecule has 0 radical (unpaired) electrons. The standard InChI is InChI=1S/C22H23NO5S/c24-14-21(25)22(23-18-8-12-20(13-9-18)29(26)27)17-6-10-19(11-7-17)28-15-16-4-2-1-3-5-16/h1-13,21-25H,14-15H2,(H,26,27)/p-1/t21-,22?/m1/s1. The topological polar surface area (TPSA) is 102 Å². The van der Waals surface area contributed by atoms with Crippen molar-refractivity contribution in [2.24, 2.45) is 0 Å². The smallest absolute Gasteiger partial charge is 0.119 e. The summed E-state index contributed by atoms with van der Waals surface area (Å²) >= 11 is -2.30. The number of hydrogen-bond acceptors (Lipinski definition) is 6. The van der Waals surface area contributed by atoms with Crippen LogP contribution in [0.1, 0.15) is 17.2 Å². The highest BCUT2D eigenvalue weighted by Gasteiger charge is 2.20. The van der Waals surface area contributed by atoms with E-state index in [2.05, 4.69) is 5.32 Å². The molecule has 0 bridgehead atoms. The van der Waals surface area contributed by atoms with E-state index in [-0.39, 0.29) is 4.90 Å². The molecule has 0 amide bonds. The molecular formula is C22H22NO5S-. The Kier molecular flexibility index (Phi) is 7.37. The van der Waals surface area contributed by atoms with Crippen LogP contribution in [-0.4, -0.2) is 31.7 Å². The molecule has 6 nitrogen and oxygen atoms in total. The van der Waals surface area contributed by atoms with Crippen LogP contribution in [0, 0.1) is 0 Å². The van der Waals surface area contributed by atoms with Gasteiger partial charge in [-0.2, -0.15) is 0 Å². The van der Waals surface area contributed by atoms with E-state index in [1.54, 1.807) is 24.3 Å². The van der Waals surface area contributed by atoms with Crippen molar-refractivity contribution in [1.29, 1.82) is 0 Å². The molecule has 3 aromatic carbocycles. The highest BCUT2D eigenvalue weighted by molar-refractivity contribution is 7.79. The quantitative estimate of drug-likeness (QED) is 0.467. The predicted octanol–water partition coefficient (Wildman–Crippen LogP) is 3.01. The minimum atomic E-state index is -2.30. The second-order valence-corrected chi connectivity index (χ2v) is 7.42. The monoisotopic (exact) mass is 412 g/mol. The van der Waals surface area contributed by atoms with Gasteiger partial charge in [-0.25, -0.2) is 0 Å². The number of hydrogen-bond donors (Lipinski definition) is 3. The van der Waals surface area contributed by atoms with Crippen LogP contribution >= 0.6 is 0 Å². The highest BCUT2D eigenvalue weighted by atomic mass is 32.2. The van der Waals surface area contributed by atoms with Crippen molar-refractivity contribution >= 4 is 16.8 Å². The van der Waals surface area contributed by atoms with E-state index in [0.717, 1.165) is 11.1 Å². The van der Waals surface area contributed by atoms with Gasteiger partial charge in [-0.3, -0.25) is 4.21 Å². The first-order valence-corrected chi connectivity index (χ1v) is 10.2. The zero-order chi connectivity index (χ0) is 20.6. The molecule has 3 N–H and O–H groups in total. The van der Waals surface area contributed by atoms with Crippen molar-refractivity contribution in [3.63, 3.8) is 0 Å². The fraction of sp³-hybridized carbons (Fsp3) is 0.182. The molecule has 3 aromatic rings. The van der Waals surface area contributed by atoms with Gasteiger partial charge in [-0.15, -0.1) is 0 Å². The van der Waals surface area contributed by atoms with Crippen molar-refractivity contribution in [1.82, 2.24) is 0 Å². The Morgan fingerprint density at radius 3 is 2.21 bits per heavy atom. The number of aliphatic hydroxyl groups excluding tert-OH is 2. The molecule has 0 fully saturated rings. The van der Waals surface area contributed by atoms with E-state index in [1.165, 1.54) is 12.1 Å². The van der Waals surface area contributed by atoms with Crippen LogP contribution in [0.15, 0.2) is 83.8 Å². The summed E-state index contributed by atoms with van der Waals surface area (Å²) in [4.78, 5) is 0.176. The molecule has 2 unspecified atom stereocenters. The molecule has 7 heteroatoms. The van der Waals surface area contributed by atoms with Gasteiger partial charge in [-0.05, 0) is 58.6 Å². The van der Waals surface area contributed by atoms with Crippen LogP contribution in [0.5, 0.6) is 5.75 Å². The lowest BCUT2D eigenvalue weighted by atomic mass is 10.0. The Bertz CT molecular complexity index is 916. The minimum Gasteiger partial charge on any atom is -0.768 e. The third-order valence-electron chi connectivity index (χ3n) is 4.43. The SMILES string of the molecule is O=S([O-])c1ccc(NC(c2ccc(OCc3ccccc3)cc2)[C@H](O)CO)cc1. The number of ether oxygens (including phenoxy) is 1. The maximum absolute atomic E-state index is 11.0. The molecule has 0 aliphatic carbocycles. The number of benzene rings is 3. The molecule has 0 spiro atoms. The molecule has 3 atom stereocenters. The first-order valence-electron chi connectivity index (χ1n) is 9.08. The van der Waals surface area contributed by atoms with Crippen LogP contribution in [0.4, 0.5) is 5.69 Å². The van der Waals surface area contributed by atoms with Gasteiger partial charge in [0.05, 0.1) is 12.6 Å². The second-order valence-electron chi connectivity index (χ2n) is 6.47. The molecule has 0 heterocycles. The van der Waals surface area contributed by atoms with Gasteiger partial charge < -0.3 is 24.8 Å². The summed E-state index contributed by atoms with van der Waals surface area (Å²) in [6.07, 6.45) is -1.04. The summed E-state index contributed by atoms with van der Waals surface area (Å²) in [6.45, 7) is 0.0289. The normalized spacial score (nSPS) is 14.0. The maximum Gasteiger partial charge on any atom is 0.119 e. The fourth-order valence-corrected chi connectivity index (χ4v) is 3.22. The third-order valence-corrected chi connectivity index (χ3v) is 5.09. The van der Waals surface area contributed by atoms with Crippen molar-refractivity contribution < 1.29 is 23.7 Å². The second kappa shape index (κ2) is 10.2. The molecule has 0 aromatic heterocycles. The van der Waals surface area contributed by atoms with E-state index in [1.807, 2.05) is 42.5 Å². The van der Waals surface area contributed by atoms with Gasteiger partial charge in [0.2, 0.25) is 0 Å². The average Bonchev–Trinajstić information content (AvgIpc) is 2.77. The first kappa shape index (κ1) is 21.0. The van der Waals surface area contributed by atoms with Gasteiger partial charge in [-0.1, -0.05) is 42.5 Å². The Balaban J connectivity index is 1.70. The zero-order valence-electron chi connectivity index (χ0n) is 15.6. The number of aliphatic hydroxyl groups is 2. The largest absolute Gasteiger partial charge is 0.768 e. The summed E-state index contributed by atoms with van der Waals surface area (Å²) in [5.74, 6) is 0.692. The molecule has 3 rings (SSSR count). The van der Waals surface area contributed by atoms with Gasteiger partial charge >= 0.3 is 0 Å². The van der Waals surface area contributed by atoms with E-state index < -0.39 is 29.8 Å². The maximum atomic E-state index is 11.0. The molecular weight excluding hydrogens is 390 g/mol. The molecule has 0 saturated heterocycles. The van der Waals surface area contributed by atoms with Gasteiger partial charge in [0.25, 0.3) is 0 Å². The lowest BCUT2D eigenvalue weighted by Crippen LogP contribution is -2.28. The van der Waals surface area contributed by atoms with E-state index >= 15 is 0 Å². The lowest BCUT2D eigenvalue weighted by Gasteiger charge is -2.25. The van der Waals surface area contributed by atoms with Crippen molar-refractivity contribution in [3.8, 4) is 5.75 Å². The van der Waals surface area contributed by atoms with Gasteiger partial charge in [0.15, 0.2) is 0 Å². The third kappa shape index (κ3) is 5.88. The molecule has 29 heavy (non-hydrogen) atoms. The summed E-state index contributed by atoms with van der Waals surface area (Å²) in [5, 5.41) is 22.8. The van der Waals surface area contributed by atoms with E-state index in [9.17, 15) is 19.0 Å². The van der Waals surface area contributed by atoms with Gasteiger partial charge in [0, 0.05) is 10.6 Å². The molecule has 152 valence electrons. The van der Waals surface area contributed by atoms with Crippen molar-refractivity contribution in [2.75, 3.05) is 11.9 Å². The predicted molar refractivity (Wildman–Crippen MR) is 110 cm³/mol. The Hall–Kier alpha value is -2.71. The van der Waals surface area contributed by atoms with Crippen LogP contribution in [0.2, 0.25) is 0 Å². The zero-order valence-corrected chi connectivity index (χ0v) is 16.4. The Morgan fingerprint density at radius 1 is 0.966 bits per heavy atom. The van der Waals surface area contributed by atoms with Crippen molar-refractivity contribution in [2.45, 2.75) is 23.6 Å². The van der Waals surface area contributed by atoms with Crippen LogP contribution in [-0.2, 0) is 17.7 Å². The van der Waals surface area contributed by atoms with E-state index in [0.29, 0.717) is 18.0 Å². The lowest BCUT2D eigenvalue weighted by molar-refractivity contribution is 0.0794. The summed E-state index contributed by atoms with van der Waals surface area (Å²) < 4.78 is 27.7. The highest BCUT2D eigenvalue weighted by Crippen LogP contribution is 2.26. The van der Waals surface area contributed by atoms with Crippen LogP contribution in [0.3, 0.4) is 0 Å². The molecule has 0 aliphatic rings. The Morgan fingerprint density at radius 2 is 1.62 bits per heavy atom. The minimum absolute atomic E-state index is 0.176. The van der Waals surface area contributed by atoms with Crippen LogP contribution in [0.25, 0.3) is 0 Å². The number of rotatable bonds is 9. The van der Waals surface area contributed by atoms with E-state index in [4.69, 9.17) is 4.74 Å². The molecule has 0 saturated carbocycles. The average molecular weight is 412 g/mol. The molecule has 0 aliphatic heterocycles. The van der Waals surface area contributed by atoms with Crippen LogP contribution < -0.4 is 10.1 Å². The first-order chi connectivity index (χ1) is 14.1. The fourth-order valence-electron chi connectivity index (χ4n) is 2.86. The summed E-state index contributed by atoms with van der Waals surface area (Å²) in [5.41, 5.74) is 2.45.